The van der Waals surface area contributed by atoms with Gasteiger partial charge < -0.3 is 20.1 Å². The van der Waals surface area contributed by atoms with E-state index in [0.29, 0.717) is 42.5 Å². The van der Waals surface area contributed by atoms with Gasteiger partial charge in [0.2, 0.25) is 0 Å². The Morgan fingerprint density at radius 3 is 2.92 bits per heavy atom. The first-order valence-electron chi connectivity index (χ1n) is 12.4. The third-order valence-electron chi connectivity index (χ3n) is 6.72. The number of ether oxygens (including phenoxy) is 1. The average Bonchev–Trinajstić information content (AvgIpc) is 3.52. The Morgan fingerprint density at radius 1 is 1.28 bits per heavy atom. The van der Waals surface area contributed by atoms with E-state index in [4.69, 9.17) is 16.3 Å². The molecule has 0 unspecified atom stereocenters. The van der Waals surface area contributed by atoms with Crippen molar-refractivity contribution in [3.8, 4) is 17.0 Å². The number of nitrogens with zero attached hydrogens (tertiary/aromatic N) is 6. The lowest BCUT2D eigenvalue weighted by molar-refractivity contribution is 0.0797. The van der Waals surface area contributed by atoms with E-state index in [1.807, 2.05) is 24.1 Å². The maximum atomic E-state index is 13.6. The lowest BCUT2D eigenvalue weighted by atomic mass is 10.0. The first-order chi connectivity index (χ1) is 18.9. The van der Waals surface area contributed by atoms with E-state index in [2.05, 4.69) is 30.6 Å². The number of hydrogen-bond acceptors (Lipinski definition) is 8. The van der Waals surface area contributed by atoms with Gasteiger partial charge >= 0.3 is 0 Å². The summed E-state index contributed by atoms with van der Waals surface area (Å²) in [5.74, 6) is 0.147. The lowest BCUT2D eigenvalue weighted by Gasteiger charge is -2.36. The third-order valence-corrected chi connectivity index (χ3v) is 7.05. The molecule has 3 N–H and O–H groups in total. The SMILES string of the molecule is CCOc1cc(-c2cnc(N3CC[C@H](NC(=O)c4cc(F)ccc4Cl)[C@@H](O)C3)cn2)c2c3cn[nH]c3nn2c1. The summed E-state index contributed by atoms with van der Waals surface area (Å²) >= 11 is 6.05. The minimum absolute atomic E-state index is 0.0288. The molecule has 5 heterocycles. The van der Waals surface area contributed by atoms with Crippen LogP contribution in [0.4, 0.5) is 10.2 Å². The van der Waals surface area contributed by atoms with Crippen LogP contribution in [0.25, 0.3) is 27.8 Å². The topological polar surface area (TPSA) is 134 Å². The van der Waals surface area contributed by atoms with E-state index in [9.17, 15) is 14.3 Å². The number of aromatic nitrogens is 6. The highest BCUT2D eigenvalue weighted by Crippen LogP contribution is 2.32. The van der Waals surface area contributed by atoms with Crippen LogP contribution in [0, 0.1) is 5.82 Å². The molecule has 13 heteroatoms. The number of halogens is 2. The number of H-pyrrole nitrogens is 1. The Kier molecular flexibility index (Phi) is 6.49. The monoisotopic (exact) mass is 550 g/mol. The molecule has 0 aliphatic carbocycles. The predicted octanol–water partition coefficient (Wildman–Crippen LogP) is 3.23. The van der Waals surface area contributed by atoms with Gasteiger partial charge in [0.25, 0.3) is 5.91 Å². The molecular formula is C26H24ClFN8O3. The molecule has 1 aliphatic rings. The smallest absolute Gasteiger partial charge is 0.253 e. The summed E-state index contributed by atoms with van der Waals surface area (Å²) in [5.41, 5.74) is 2.93. The number of rotatable bonds is 6. The number of carbonyl (C=O) groups excluding carboxylic acids is 1. The maximum absolute atomic E-state index is 13.6. The molecule has 200 valence electrons. The summed E-state index contributed by atoms with van der Waals surface area (Å²) in [6.45, 7) is 3.17. The van der Waals surface area contributed by atoms with Crippen LogP contribution in [0.1, 0.15) is 23.7 Å². The molecule has 6 rings (SSSR count). The van der Waals surface area contributed by atoms with E-state index in [0.717, 1.165) is 22.5 Å². The van der Waals surface area contributed by atoms with Gasteiger partial charge in [-0.15, -0.1) is 5.10 Å². The van der Waals surface area contributed by atoms with Crippen LogP contribution >= 0.6 is 11.6 Å². The second-order valence-electron chi connectivity index (χ2n) is 9.21. The van der Waals surface area contributed by atoms with Crippen molar-refractivity contribution >= 4 is 39.9 Å². The standard InChI is InChI=1S/C26H24ClFN8O3/c1-2-39-15-8-17(24-18-9-31-33-25(18)34-36(24)12-15)21-10-30-23(11-29-21)35-6-5-20(22(37)13-35)32-26(38)16-7-14(28)3-4-19(16)27/h3-4,7-12,20,22,37H,2,5-6,13H2,1H3,(H,32,38)(H,33,34)/t20-,22-/m0/s1. The number of aliphatic hydroxyl groups is 1. The average molecular weight is 551 g/mol. The van der Waals surface area contributed by atoms with Gasteiger partial charge in [0, 0.05) is 18.7 Å². The molecule has 2 atom stereocenters. The number of hydrogen-bond donors (Lipinski definition) is 3. The summed E-state index contributed by atoms with van der Waals surface area (Å²) in [6.07, 6.45) is 6.43. The Hall–Kier alpha value is -4.29. The molecule has 1 saturated heterocycles. The van der Waals surface area contributed by atoms with Crippen LogP contribution < -0.4 is 15.0 Å². The molecule has 0 radical (unpaired) electrons. The molecule has 5 aromatic rings. The van der Waals surface area contributed by atoms with Crippen molar-refractivity contribution in [2.24, 2.45) is 0 Å². The summed E-state index contributed by atoms with van der Waals surface area (Å²) in [7, 11) is 0. The molecule has 1 amide bonds. The van der Waals surface area contributed by atoms with Crippen molar-refractivity contribution in [2.75, 3.05) is 24.6 Å². The summed E-state index contributed by atoms with van der Waals surface area (Å²) in [6, 6.07) is 4.98. The Morgan fingerprint density at radius 2 is 2.15 bits per heavy atom. The fourth-order valence-corrected chi connectivity index (χ4v) is 5.03. The fourth-order valence-electron chi connectivity index (χ4n) is 4.83. The van der Waals surface area contributed by atoms with Crippen LogP contribution in [0.2, 0.25) is 5.02 Å². The molecule has 39 heavy (non-hydrogen) atoms. The molecule has 4 aromatic heterocycles. The van der Waals surface area contributed by atoms with Crippen LogP contribution in [-0.2, 0) is 0 Å². The molecule has 0 saturated carbocycles. The first kappa shape index (κ1) is 25.0. The maximum Gasteiger partial charge on any atom is 0.253 e. The number of amides is 1. The number of aliphatic hydroxyl groups excluding tert-OH is 1. The van der Waals surface area contributed by atoms with Gasteiger partial charge in [-0.2, -0.15) is 5.10 Å². The van der Waals surface area contributed by atoms with Crippen LogP contribution in [0.3, 0.4) is 0 Å². The summed E-state index contributed by atoms with van der Waals surface area (Å²) < 4.78 is 21.1. The second kappa shape index (κ2) is 10.1. The molecule has 0 bridgehead atoms. The first-order valence-corrected chi connectivity index (χ1v) is 12.8. The zero-order valence-corrected chi connectivity index (χ0v) is 21.6. The van der Waals surface area contributed by atoms with Gasteiger partial charge in [-0.1, -0.05) is 11.6 Å². The zero-order chi connectivity index (χ0) is 27.1. The number of benzene rings is 1. The highest BCUT2D eigenvalue weighted by atomic mass is 35.5. The van der Waals surface area contributed by atoms with E-state index < -0.39 is 23.9 Å². The number of β-amino-alcohol motifs (C(OH)–C–C–N with tert-alkyl or cyclic N) is 1. The van der Waals surface area contributed by atoms with Crippen molar-refractivity contribution < 1.29 is 19.0 Å². The molecule has 11 nitrogen and oxygen atoms in total. The number of fused-ring (bicyclic) bond motifs is 3. The predicted molar refractivity (Wildman–Crippen MR) is 143 cm³/mol. The minimum Gasteiger partial charge on any atom is -0.492 e. The van der Waals surface area contributed by atoms with Crippen molar-refractivity contribution in [3.05, 3.63) is 65.5 Å². The van der Waals surface area contributed by atoms with Gasteiger partial charge in [-0.25, -0.2) is 13.9 Å². The Labute approximate surface area is 226 Å². The van der Waals surface area contributed by atoms with Gasteiger partial charge in [0.1, 0.15) is 17.4 Å². The number of pyridine rings is 1. The van der Waals surface area contributed by atoms with Crippen molar-refractivity contribution in [3.63, 3.8) is 0 Å². The van der Waals surface area contributed by atoms with Crippen molar-refractivity contribution in [2.45, 2.75) is 25.5 Å². The fraction of sp³-hybridized carbons (Fsp3) is 0.269. The molecule has 0 spiro atoms. The highest BCUT2D eigenvalue weighted by molar-refractivity contribution is 6.33. The quantitative estimate of drug-likeness (QED) is 0.293. The highest BCUT2D eigenvalue weighted by Gasteiger charge is 2.30. The van der Waals surface area contributed by atoms with Crippen molar-refractivity contribution in [1.82, 2.24) is 35.1 Å². The second-order valence-corrected chi connectivity index (χ2v) is 9.62. The largest absolute Gasteiger partial charge is 0.492 e. The van der Waals surface area contributed by atoms with E-state index >= 15 is 0 Å². The van der Waals surface area contributed by atoms with E-state index in [1.165, 1.54) is 12.1 Å². The summed E-state index contributed by atoms with van der Waals surface area (Å²) in [5, 5.41) is 26.0. The Balaban J connectivity index is 1.20. The van der Waals surface area contributed by atoms with Crippen LogP contribution in [0.15, 0.2) is 49.1 Å². The molecular weight excluding hydrogens is 527 g/mol. The van der Waals surface area contributed by atoms with Gasteiger partial charge in [0.05, 0.1) is 70.7 Å². The van der Waals surface area contributed by atoms with Gasteiger partial charge in [-0.05, 0) is 37.6 Å². The number of aromatic amines is 1. The molecule has 1 aliphatic heterocycles. The van der Waals surface area contributed by atoms with E-state index in [1.54, 1.807) is 23.1 Å². The number of anilines is 1. The number of piperidine rings is 1. The van der Waals surface area contributed by atoms with Crippen LogP contribution in [-0.4, -0.2) is 72.6 Å². The van der Waals surface area contributed by atoms with Crippen molar-refractivity contribution in [1.29, 1.82) is 0 Å². The molecule has 1 aromatic carbocycles. The van der Waals surface area contributed by atoms with Gasteiger partial charge in [0.15, 0.2) is 5.65 Å². The summed E-state index contributed by atoms with van der Waals surface area (Å²) in [4.78, 5) is 23.8. The number of carbonyl (C=O) groups is 1. The van der Waals surface area contributed by atoms with Gasteiger partial charge in [-0.3, -0.25) is 14.9 Å². The minimum atomic E-state index is -0.875. The Bertz CT molecular complexity index is 1670. The number of nitrogens with one attached hydrogen (secondary N) is 2. The van der Waals surface area contributed by atoms with Crippen LogP contribution in [0.5, 0.6) is 5.75 Å². The van der Waals surface area contributed by atoms with E-state index in [-0.39, 0.29) is 17.1 Å². The normalized spacial score (nSPS) is 17.6. The lowest BCUT2D eigenvalue weighted by Crippen LogP contribution is -2.54. The molecule has 1 fully saturated rings. The third kappa shape index (κ3) is 4.72. The zero-order valence-electron chi connectivity index (χ0n) is 20.8.